The van der Waals surface area contributed by atoms with Gasteiger partial charge < -0.3 is 5.32 Å². The van der Waals surface area contributed by atoms with Gasteiger partial charge in [0.1, 0.15) is 0 Å². The third-order valence-corrected chi connectivity index (χ3v) is 3.04. The molecule has 0 heterocycles. The Morgan fingerprint density at radius 3 is 2.73 bits per heavy atom. The average molecular weight is 155 g/mol. The van der Waals surface area contributed by atoms with E-state index in [2.05, 4.69) is 12.2 Å². The molecule has 1 nitrogen and oxygen atoms in total. The van der Waals surface area contributed by atoms with Gasteiger partial charge in [0.25, 0.3) is 0 Å². The van der Waals surface area contributed by atoms with E-state index in [1.807, 2.05) is 7.05 Å². The molecule has 0 aliphatic heterocycles. The summed E-state index contributed by atoms with van der Waals surface area (Å²) in [6.45, 7) is 3.61. The molecular weight excluding hydrogens is 134 g/mol. The second kappa shape index (κ2) is 4.76. The fraction of sp³-hybridized carbons (Fsp3) is 1.00. The highest BCUT2D eigenvalue weighted by atomic mass is 14.8. The zero-order chi connectivity index (χ0) is 8.10. The van der Waals surface area contributed by atoms with Gasteiger partial charge in [0.05, 0.1) is 0 Å². The van der Waals surface area contributed by atoms with Gasteiger partial charge in [-0.15, -0.1) is 0 Å². The predicted molar refractivity (Wildman–Crippen MR) is 49.7 cm³/mol. The van der Waals surface area contributed by atoms with Gasteiger partial charge in [-0.1, -0.05) is 26.2 Å². The van der Waals surface area contributed by atoms with Crippen molar-refractivity contribution < 1.29 is 0 Å². The van der Waals surface area contributed by atoms with E-state index in [-0.39, 0.29) is 0 Å². The second-order valence-electron chi connectivity index (χ2n) is 3.91. The van der Waals surface area contributed by atoms with E-state index >= 15 is 0 Å². The number of rotatable bonds is 4. The monoisotopic (exact) mass is 155 g/mol. The molecule has 66 valence electrons. The molecule has 1 saturated carbocycles. The highest BCUT2D eigenvalue weighted by Gasteiger charge is 2.22. The molecule has 1 heteroatoms. The lowest BCUT2D eigenvalue weighted by Crippen LogP contribution is -2.11. The number of nitrogens with one attached hydrogen (secondary N) is 1. The Hall–Kier alpha value is -0.0400. The lowest BCUT2D eigenvalue weighted by Gasteiger charge is -2.14. The largest absolute Gasteiger partial charge is 0.320 e. The quantitative estimate of drug-likeness (QED) is 0.615. The Morgan fingerprint density at radius 2 is 2.18 bits per heavy atom. The Labute approximate surface area is 70.6 Å². The number of hydrogen-bond acceptors (Lipinski definition) is 1. The van der Waals surface area contributed by atoms with Crippen molar-refractivity contribution in [1.29, 1.82) is 0 Å². The molecule has 0 amide bonds. The standard InChI is InChI=1S/C10H21N/c1-9-5-3-6-10(9)7-4-8-11-2/h9-11H,3-8H2,1-2H3. The Balaban J connectivity index is 2.05. The maximum absolute atomic E-state index is 3.21. The molecule has 1 rings (SSSR count). The minimum Gasteiger partial charge on any atom is -0.320 e. The zero-order valence-electron chi connectivity index (χ0n) is 7.90. The molecule has 2 atom stereocenters. The van der Waals surface area contributed by atoms with Crippen LogP contribution in [-0.4, -0.2) is 13.6 Å². The summed E-state index contributed by atoms with van der Waals surface area (Å²) in [5.74, 6) is 2.05. The molecule has 0 saturated heterocycles. The van der Waals surface area contributed by atoms with Crippen LogP contribution in [0.1, 0.15) is 39.0 Å². The highest BCUT2D eigenvalue weighted by molar-refractivity contribution is 4.73. The van der Waals surface area contributed by atoms with Gasteiger partial charge in [-0.2, -0.15) is 0 Å². The zero-order valence-corrected chi connectivity index (χ0v) is 7.90. The first-order valence-electron chi connectivity index (χ1n) is 4.99. The SMILES string of the molecule is CNCCCC1CCCC1C. The van der Waals surface area contributed by atoms with Crippen LogP contribution in [-0.2, 0) is 0 Å². The molecule has 0 radical (unpaired) electrons. The van der Waals surface area contributed by atoms with Gasteiger partial charge >= 0.3 is 0 Å². The molecule has 1 N–H and O–H groups in total. The van der Waals surface area contributed by atoms with Crippen LogP contribution in [0.5, 0.6) is 0 Å². The third-order valence-electron chi connectivity index (χ3n) is 3.04. The van der Waals surface area contributed by atoms with Gasteiger partial charge in [-0.3, -0.25) is 0 Å². The van der Waals surface area contributed by atoms with Gasteiger partial charge in [-0.05, 0) is 38.3 Å². The second-order valence-corrected chi connectivity index (χ2v) is 3.91. The molecule has 0 aromatic rings. The molecule has 11 heavy (non-hydrogen) atoms. The Bertz CT molecular complexity index is 101. The van der Waals surface area contributed by atoms with Gasteiger partial charge in [0.2, 0.25) is 0 Å². The van der Waals surface area contributed by atoms with Gasteiger partial charge in [0, 0.05) is 0 Å². The van der Waals surface area contributed by atoms with Crippen LogP contribution in [0, 0.1) is 11.8 Å². The molecular formula is C10H21N. The van der Waals surface area contributed by atoms with E-state index in [0.717, 1.165) is 11.8 Å². The first-order chi connectivity index (χ1) is 5.34. The van der Waals surface area contributed by atoms with Crippen molar-refractivity contribution in [2.24, 2.45) is 11.8 Å². The van der Waals surface area contributed by atoms with Crippen LogP contribution in [0.3, 0.4) is 0 Å². The summed E-state index contributed by atoms with van der Waals surface area (Å²) < 4.78 is 0. The highest BCUT2D eigenvalue weighted by Crippen LogP contribution is 2.33. The van der Waals surface area contributed by atoms with Crippen molar-refractivity contribution in [3.63, 3.8) is 0 Å². The number of hydrogen-bond donors (Lipinski definition) is 1. The maximum Gasteiger partial charge on any atom is -0.00518 e. The van der Waals surface area contributed by atoms with Crippen LogP contribution in [0.15, 0.2) is 0 Å². The van der Waals surface area contributed by atoms with Crippen molar-refractivity contribution in [2.75, 3.05) is 13.6 Å². The average Bonchev–Trinajstić information content (AvgIpc) is 2.37. The lowest BCUT2D eigenvalue weighted by molar-refractivity contribution is 0.380. The third kappa shape index (κ3) is 2.82. The predicted octanol–water partition coefficient (Wildman–Crippen LogP) is 2.42. The van der Waals surface area contributed by atoms with E-state index in [1.165, 1.54) is 38.6 Å². The molecule has 0 bridgehead atoms. The molecule has 1 aliphatic carbocycles. The maximum atomic E-state index is 3.21. The molecule has 0 aromatic carbocycles. The summed E-state index contributed by atoms with van der Waals surface area (Å²) in [5, 5.41) is 3.21. The van der Waals surface area contributed by atoms with Crippen molar-refractivity contribution in [3.05, 3.63) is 0 Å². The molecule has 1 aliphatic rings. The first-order valence-corrected chi connectivity index (χ1v) is 4.99. The summed E-state index contributed by atoms with van der Waals surface area (Å²) in [5.41, 5.74) is 0. The van der Waals surface area contributed by atoms with Crippen LogP contribution < -0.4 is 5.32 Å². The summed E-state index contributed by atoms with van der Waals surface area (Å²) in [6.07, 6.45) is 7.26. The normalized spacial score (nSPS) is 31.1. The Morgan fingerprint density at radius 1 is 1.36 bits per heavy atom. The Kier molecular flexibility index (Phi) is 3.92. The van der Waals surface area contributed by atoms with Crippen molar-refractivity contribution in [3.8, 4) is 0 Å². The van der Waals surface area contributed by atoms with Gasteiger partial charge in [0.15, 0.2) is 0 Å². The van der Waals surface area contributed by atoms with E-state index in [0.29, 0.717) is 0 Å². The summed E-state index contributed by atoms with van der Waals surface area (Å²) >= 11 is 0. The van der Waals surface area contributed by atoms with Crippen molar-refractivity contribution in [2.45, 2.75) is 39.0 Å². The summed E-state index contributed by atoms with van der Waals surface area (Å²) in [7, 11) is 2.04. The minimum absolute atomic E-state index is 1.01. The fourth-order valence-corrected chi connectivity index (χ4v) is 2.19. The molecule has 1 fully saturated rings. The fourth-order valence-electron chi connectivity index (χ4n) is 2.19. The summed E-state index contributed by atoms with van der Waals surface area (Å²) in [4.78, 5) is 0. The topological polar surface area (TPSA) is 12.0 Å². The molecule has 0 spiro atoms. The lowest BCUT2D eigenvalue weighted by atomic mass is 9.93. The summed E-state index contributed by atoms with van der Waals surface area (Å²) in [6, 6.07) is 0. The van der Waals surface area contributed by atoms with Crippen LogP contribution >= 0.6 is 0 Å². The van der Waals surface area contributed by atoms with E-state index in [1.54, 1.807) is 0 Å². The van der Waals surface area contributed by atoms with E-state index in [9.17, 15) is 0 Å². The van der Waals surface area contributed by atoms with Crippen LogP contribution in [0.25, 0.3) is 0 Å². The smallest absolute Gasteiger partial charge is 0.00518 e. The van der Waals surface area contributed by atoms with Gasteiger partial charge in [-0.25, -0.2) is 0 Å². The molecule has 2 unspecified atom stereocenters. The molecule has 0 aromatic heterocycles. The van der Waals surface area contributed by atoms with Crippen molar-refractivity contribution >= 4 is 0 Å². The van der Waals surface area contributed by atoms with Crippen LogP contribution in [0.4, 0.5) is 0 Å². The van der Waals surface area contributed by atoms with E-state index < -0.39 is 0 Å². The van der Waals surface area contributed by atoms with Crippen molar-refractivity contribution in [1.82, 2.24) is 5.32 Å². The minimum atomic E-state index is 1.01. The first kappa shape index (κ1) is 9.05. The van der Waals surface area contributed by atoms with E-state index in [4.69, 9.17) is 0 Å². The van der Waals surface area contributed by atoms with Crippen LogP contribution in [0.2, 0.25) is 0 Å².